The van der Waals surface area contributed by atoms with Crippen LogP contribution in [0.25, 0.3) is 0 Å². The molecule has 12 nitrogen and oxygen atoms in total. The quantitative estimate of drug-likeness (QED) is 0.183. The van der Waals surface area contributed by atoms with Crippen LogP contribution in [0.5, 0.6) is 11.8 Å². The van der Waals surface area contributed by atoms with Crippen molar-refractivity contribution in [2.45, 2.75) is 45.6 Å². The lowest BCUT2D eigenvalue weighted by Gasteiger charge is -2.28. The molecule has 1 saturated heterocycles. The molecule has 3 rings (SSSR count). The van der Waals surface area contributed by atoms with Gasteiger partial charge in [-0.1, -0.05) is 12.1 Å². The number of imide groups is 1. The Morgan fingerprint density at radius 3 is 2.28 bits per heavy atom. The Kier molecular flexibility index (Phi) is 11.3. The molecule has 0 radical (unpaired) electrons. The summed E-state index contributed by atoms with van der Waals surface area (Å²) in [5.74, 6) is -0.820. The number of likely N-dealkylation sites (tertiary alicyclic amines) is 1. The van der Waals surface area contributed by atoms with Crippen LogP contribution in [0.4, 0.5) is 5.69 Å². The number of hydrogen-bond donors (Lipinski definition) is 4. The minimum absolute atomic E-state index is 0.0562. The van der Waals surface area contributed by atoms with Gasteiger partial charge in [0.05, 0.1) is 32.8 Å². The number of benzene rings is 1. The third kappa shape index (κ3) is 9.41. The van der Waals surface area contributed by atoms with Crippen LogP contribution >= 0.6 is 0 Å². The summed E-state index contributed by atoms with van der Waals surface area (Å²) in [6.07, 6.45) is 1.54. The van der Waals surface area contributed by atoms with Crippen LogP contribution in [0.2, 0.25) is 0 Å². The molecule has 1 fully saturated rings. The van der Waals surface area contributed by atoms with E-state index >= 15 is 0 Å². The second kappa shape index (κ2) is 14.9. The largest absolute Gasteiger partial charge is 0.494 e. The van der Waals surface area contributed by atoms with Crippen molar-refractivity contribution in [3.8, 4) is 11.8 Å². The Morgan fingerprint density at radius 1 is 0.949 bits per heavy atom. The normalized spacial score (nSPS) is 12.7. The Hall–Kier alpha value is -3.90. The van der Waals surface area contributed by atoms with Crippen molar-refractivity contribution in [3.05, 3.63) is 41.5 Å². The summed E-state index contributed by atoms with van der Waals surface area (Å²) >= 11 is 0. The van der Waals surface area contributed by atoms with Gasteiger partial charge < -0.3 is 30.3 Å². The number of carbonyl (C=O) groups excluding carboxylic acids is 4. The molecular weight excluding hydrogens is 508 g/mol. The van der Waals surface area contributed by atoms with Crippen LogP contribution in [-0.4, -0.2) is 82.8 Å². The summed E-state index contributed by atoms with van der Waals surface area (Å²) in [4.78, 5) is 48.5. The minimum atomic E-state index is -0.226. The van der Waals surface area contributed by atoms with Gasteiger partial charge in [-0.25, -0.2) is 0 Å². The minimum Gasteiger partial charge on any atom is -0.494 e. The molecule has 4 amide bonds. The van der Waals surface area contributed by atoms with Gasteiger partial charge in [0.1, 0.15) is 0 Å². The number of hydrogen-bond acceptors (Lipinski definition) is 8. The number of carbonyl (C=O) groups is 4. The zero-order chi connectivity index (χ0) is 28.2. The van der Waals surface area contributed by atoms with Crippen molar-refractivity contribution >= 4 is 29.3 Å². The summed E-state index contributed by atoms with van der Waals surface area (Å²) in [5.41, 5.74) is 2.14. The number of nitrogens with zero attached hydrogens (tertiary/aromatic N) is 2. The zero-order valence-corrected chi connectivity index (χ0v) is 22.1. The van der Waals surface area contributed by atoms with Gasteiger partial charge in [-0.2, -0.15) is 0 Å². The third-order valence-corrected chi connectivity index (χ3v) is 6.22. The van der Waals surface area contributed by atoms with Crippen molar-refractivity contribution in [3.63, 3.8) is 0 Å². The number of aryl methyl sites for hydroxylation is 2. The van der Waals surface area contributed by atoms with Crippen molar-refractivity contribution in [1.82, 2.24) is 14.8 Å². The monoisotopic (exact) mass is 544 g/mol. The SMILES string of the molecule is Cc1cc(O)n(CCC(=O)NCCOCCOCCC(=O)Nc2ccc(CCC(=O)N3CCC3=O)cc2)c1O. The molecule has 1 aromatic carbocycles. The molecular formula is C27H36N4O8. The lowest BCUT2D eigenvalue weighted by atomic mass is 10.1. The van der Waals surface area contributed by atoms with Gasteiger partial charge in [-0.15, -0.1) is 0 Å². The zero-order valence-electron chi connectivity index (χ0n) is 22.1. The van der Waals surface area contributed by atoms with E-state index < -0.39 is 0 Å². The summed E-state index contributed by atoms with van der Waals surface area (Å²) < 4.78 is 12.1. The molecule has 0 unspecified atom stereocenters. The Bertz CT molecular complexity index is 1150. The van der Waals surface area contributed by atoms with Gasteiger partial charge in [0, 0.05) is 56.2 Å². The fourth-order valence-electron chi connectivity index (χ4n) is 3.87. The Balaban J connectivity index is 1.16. The smallest absolute Gasteiger partial charge is 0.230 e. The molecule has 0 bridgehead atoms. The first-order valence-corrected chi connectivity index (χ1v) is 13.0. The van der Waals surface area contributed by atoms with E-state index in [-0.39, 0.29) is 67.8 Å². The molecule has 212 valence electrons. The van der Waals surface area contributed by atoms with E-state index in [1.807, 2.05) is 12.1 Å². The molecule has 2 aromatic rings. The first kappa shape index (κ1) is 29.7. The van der Waals surface area contributed by atoms with Crippen LogP contribution < -0.4 is 10.6 Å². The van der Waals surface area contributed by atoms with E-state index in [1.54, 1.807) is 19.1 Å². The number of β-lactam (4-membered cyclic amide) rings is 1. The van der Waals surface area contributed by atoms with Gasteiger partial charge >= 0.3 is 0 Å². The molecule has 0 atom stereocenters. The van der Waals surface area contributed by atoms with Crippen LogP contribution in [0, 0.1) is 6.92 Å². The van der Waals surface area contributed by atoms with Gasteiger partial charge in [0.25, 0.3) is 0 Å². The van der Waals surface area contributed by atoms with Crippen molar-refractivity contribution in [2.75, 3.05) is 44.8 Å². The summed E-state index contributed by atoms with van der Waals surface area (Å²) in [6.45, 7) is 3.82. The number of ether oxygens (including phenoxy) is 2. The second-order valence-corrected chi connectivity index (χ2v) is 9.17. The van der Waals surface area contributed by atoms with Gasteiger partial charge in [0.2, 0.25) is 23.6 Å². The molecule has 12 heteroatoms. The third-order valence-electron chi connectivity index (χ3n) is 6.22. The number of nitrogens with one attached hydrogen (secondary N) is 2. The summed E-state index contributed by atoms with van der Waals surface area (Å²) in [7, 11) is 0. The fraction of sp³-hybridized carbons (Fsp3) is 0.481. The number of rotatable bonds is 16. The maximum absolute atomic E-state index is 12.1. The van der Waals surface area contributed by atoms with Gasteiger partial charge in [-0.3, -0.25) is 28.6 Å². The van der Waals surface area contributed by atoms with E-state index in [9.17, 15) is 29.4 Å². The topological polar surface area (TPSA) is 159 Å². The first-order chi connectivity index (χ1) is 18.7. The number of anilines is 1. The lowest BCUT2D eigenvalue weighted by Crippen LogP contribution is -2.47. The molecule has 2 heterocycles. The van der Waals surface area contributed by atoms with E-state index in [2.05, 4.69) is 10.6 Å². The average molecular weight is 545 g/mol. The summed E-state index contributed by atoms with van der Waals surface area (Å²) in [6, 6.07) is 8.67. The maximum Gasteiger partial charge on any atom is 0.230 e. The standard InChI is InChI=1S/C27H36N4O8/c1-19-18-26(36)31(27(19)37)12-8-22(32)28-11-15-39-17-16-38-14-10-23(33)29-21-5-2-20(3-6-21)4-7-24(34)30-13-9-25(30)35/h2-3,5-6,18,36-37H,4,7-17H2,1H3,(H,28,32)(H,29,33). The average Bonchev–Trinajstić information content (AvgIpc) is 3.15. The van der Waals surface area contributed by atoms with Crippen LogP contribution in [0.1, 0.15) is 36.8 Å². The van der Waals surface area contributed by atoms with Crippen molar-refractivity contribution in [2.24, 2.45) is 0 Å². The van der Waals surface area contributed by atoms with Crippen molar-refractivity contribution in [1.29, 1.82) is 0 Å². The number of amides is 4. The lowest BCUT2D eigenvalue weighted by molar-refractivity contribution is -0.152. The molecule has 0 saturated carbocycles. The van der Waals surface area contributed by atoms with Crippen LogP contribution in [0.3, 0.4) is 0 Å². The first-order valence-electron chi connectivity index (χ1n) is 13.0. The summed E-state index contributed by atoms with van der Waals surface area (Å²) in [5, 5.41) is 25.0. The highest BCUT2D eigenvalue weighted by atomic mass is 16.5. The molecule has 39 heavy (non-hydrogen) atoms. The second-order valence-electron chi connectivity index (χ2n) is 9.17. The molecule has 0 spiro atoms. The van der Waals surface area contributed by atoms with E-state index in [0.29, 0.717) is 57.0 Å². The maximum atomic E-state index is 12.1. The number of aromatic hydroxyl groups is 2. The number of aromatic nitrogens is 1. The molecule has 4 N–H and O–H groups in total. The van der Waals surface area contributed by atoms with E-state index in [4.69, 9.17) is 9.47 Å². The van der Waals surface area contributed by atoms with Gasteiger partial charge in [-0.05, 0) is 31.0 Å². The molecule has 1 aliphatic rings. The predicted molar refractivity (Wildman–Crippen MR) is 141 cm³/mol. The van der Waals surface area contributed by atoms with Crippen LogP contribution in [0.15, 0.2) is 30.3 Å². The van der Waals surface area contributed by atoms with Crippen molar-refractivity contribution < 1.29 is 38.9 Å². The van der Waals surface area contributed by atoms with E-state index in [0.717, 1.165) is 5.56 Å². The molecule has 1 aliphatic heterocycles. The van der Waals surface area contributed by atoms with E-state index in [1.165, 1.54) is 15.5 Å². The molecule has 0 aliphatic carbocycles. The fourth-order valence-corrected chi connectivity index (χ4v) is 3.87. The van der Waals surface area contributed by atoms with Gasteiger partial charge in [0.15, 0.2) is 11.8 Å². The van der Waals surface area contributed by atoms with Crippen LogP contribution in [-0.2, 0) is 41.6 Å². The highest BCUT2D eigenvalue weighted by Crippen LogP contribution is 2.26. The highest BCUT2D eigenvalue weighted by molar-refractivity contribution is 5.99. The Labute approximate surface area is 226 Å². The Morgan fingerprint density at radius 2 is 1.67 bits per heavy atom. The molecule has 1 aromatic heterocycles. The predicted octanol–water partition coefficient (Wildman–Crippen LogP) is 1.47. The highest BCUT2D eigenvalue weighted by Gasteiger charge is 2.29.